The van der Waals surface area contributed by atoms with Crippen LogP contribution in [0.1, 0.15) is 13.8 Å². The van der Waals surface area contributed by atoms with E-state index in [1.165, 1.54) is 0 Å². The lowest BCUT2D eigenvalue weighted by atomic mass is 10.3. The van der Waals surface area contributed by atoms with E-state index < -0.39 is 0 Å². The molecule has 0 saturated heterocycles. The molecule has 0 spiro atoms. The van der Waals surface area contributed by atoms with Gasteiger partial charge in [-0.25, -0.2) is 0 Å². The molecule has 0 aliphatic heterocycles. The second kappa shape index (κ2) is 8.09. The summed E-state index contributed by atoms with van der Waals surface area (Å²) in [7, 11) is 0. The maximum atomic E-state index is 11.9. The number of halogens is 2. The minimum Gasteiger partial charge on any atom is -0.491 e. The van der Waals surface area contributed by atoms with Crippen LogP contribution in [-0.4, -0.2) is 18.6 Å². The fourth-order valence-corrected chi connectivity index (χ4v) is 2.15. The average molecular weight is 354 g/mol. The van der Waals surface area contributed by atoms with E-state index in [2.05, 4.69) is 5.32 Å². The number of ether oxygens (including phenoxy) is 2. The Labute approximate surface area is 145 Å². The number of carbonyl (C=O) groups is 1. The Morgan fingerprint density at radius 1 is 1.13 bits per heavy atom. The van der Waals surface area contributed by atoms with E-state index in [-0.39, 0.29) is 18.6 Å². The van der Waals surface area contributed by atoms with Crippen molar-refractivity contribution in [3.63, 3.8) is 0 Å². The highest BCUT2D eigenvalue weighted by Gasteiger charge is 2.07. The Hall–Kier alpha value is -1.91. The highest BCUT2D eigenvalue weighted by Crippen LogP contribution is 2.27. The molecule has 0 unspecified atom stereocenters. The Morgan fingerprint density at radius 3 is 2.48 bits per heavy atom. The van der Waals surface area contributed by atoms with Crippen LogP contribution in [0.25, 0.3) is 0 Å². The van der Waals surface area contributed by atoms with Crippen LogP contribution in [0.5, 0.6) is 11.5 Å². The molecule has 122 valence electrons. The maximum absolute atomic E-state index is 11.9. The predicted octanol–water partition coefficient (Wildman–Crippen LogP) is 4.80. The van der Waals surface area contributed by atoms with Gasteiger partial charge in [0.25, 0.3) is 5.91 Å². The van der Waals surface area contributed by atoms with Crippen molar-refractivity contribution in [3.05, 3.63) is 52.5 Å². The molecule has 0 aliphatic rings. The van der Waals surface area contributed by atoms with Crippen LogP contribution in [-0.2, 0) is 4.79 Å². The third-order valence-electron chi connectivity index (χ3n) is 2.76. The van der Waals surface area contributed by atoms with E-state index in [9.17, 15) is 4.79 Å². The molecule has 23 heavy (non-hydrogen) atoms. The van der Waals surface area contributed by atoms with E-state index in [1.54, 1.807) is 42.5 Å². The molecule has 0 atom stereocenters. The Morgan fingerprint density at radius 2 is 1.83 bits per heavy atom. The van der Waals surface area contributed by atoms with Crippen LogP contribution in [0, 0.1) is 0 Å². The van der Waals surface area contributed by atoms with Crippen molar-refractivity contribution >= 4 is 34.8 Å². The summed E-state index contributed by atoms with van der Waals surface area (Å²) in [5, 5.41) is 3.62. The number of anilines is 1. The van der Waals surface area contributed by atoms with Crippen molar-refractivity contribution in [2.45, 2.75) is 20.0 Å². The molecule has 0 aliphatic carbocycles. The molecule has 6 heteroatoms. The summed E-state index contributed by atoms with van der Waals surface area (Å²) in [4.78, 5) is 11.9. The van der Waals surface area contributed by atoms with Crippen LogP contribution in [0.2, 0.25) is 10.0 Å². The van der Waals surface area contributed by atoms with Crippen LogP contribution in [0.3, 0.4) is 0 Å². The van der Waals surface area contributed by atoms with Gasteiger partial charge in [-0.05, 0) is 50.2 Å². The largest absolute Gasteiger partial charge is 0.491 e. The zero-order valence-corrected chi connectivity index (χ0v) is 14.3. The van der Waals surface area contributed by atoms with Gasteiger partial charge >= 0.3 is 0 Å². The fourth-order valence-electron chi connectivity index (χ4n) is 1.82. The first-order chi connectivity index (χ1) is 10.9. The third-order valence-corrected chi connectivity index (χ3v) is 3.31. The number of benzene rings is 2. The van der Waals surface area contributed by atoms with Crippen molar-refractivity contribution in [3.8, 4) is 11.5 Å². The number of nitrogens with one attached hydrogen (secondary N) is 1. The molecule has 4 nitrogen and oxygen atoms in total. The zero-order chi connectivity index (χ0) is 16.8. The van der Waals surface area contributed by atoms with Crippen LogP contribution in [0.4, 0.5) is 5.69 Å². The number of carbonyl (C=O) groups excluding carboxylic acids is 1. The minimum atomic E-state index is -0.293. The monoisotopic (exact) mass is 353 g/mol. The lowest BCUT2D eigenvalue weighted by Crippen LogP contribution is -2.20. The van der Waals surface area contributed by atoms with Crippen LogP contribution < -0.4 is 14.8 Å². The molecule has 1 N–H and O–H groups in total. The van der Waals surface area contributed by atoms with Gasteiger partial charge in [0.05, 0.1) is 11.1 Å². The van der Waals surface area contributed by atoms with E-state index >= 15 is 0 Å². The van der Waals surface area contributed by atoms with Gasteiger partial charge in [-0.2, -0.15) is 0 Å². The molecule has 0 heterocycles. The molecule has 0 aromatic heterocycles. The third kappa shape index (κ3) is 5.66. The predicted molar refractivity (Wildman–Crippen MR) is 92.8 cm³/mol. The van der Waals surface area contributed by atoms with E-state index in [0.29, 0.717) is 21.5 Å². The number of amides is 1. The van der Waals surface area contributed by atoms with Crippen LogP contribution in [0.15, 0.2) is 42.5 Å². The molecular weight excluding hydrogens is 337 g/mol. The van der Waals surface area contributed by atoms with Crippen molar-refractivity contribution in [1.82, 2.24) is 0 Å². The van der Waals surface area contributed by atoms with Gasteiger partial charge in [-0.1, -0.05) is 23.2 Å². The van der Waals surface area contributed by atoms with Gasteiger partial charge < -0.3 is 14.8 Å². The molecule has 2 aromatic carbocycles. The molecule has 0 radical (unpaired) electrons. The van der Waals surface area contributed by atoms with E-state index in [1.807, 2.05) is 13.8 Å². The van der Waals surface area contributed by atoms with Crippen molar-refractivity contribution < 1.29 is 14.3 Å². The second-order valence-electron chi connectivity index (χ2n) is 5.10. The molecule has 2 aromatic rings. The van der Waals surface area contributed by atoms with Crippen LogP contribution >= 0.6 is 23.2 Å². The highest BCUT2D eigenvalue weighted by molar-refractivity contribution is 6.34. The summed E-state index contributed by atoms with van der Waals surface area (Å²) < 4.78 is 10.9. The van der Waals surface area contributed by atoms with E-state index in [4.69, 9.17) is 32.7 Å². The molecule has 1 amide bonds. The zero-order valence-electron chi connectivity index (χ0n) is 12.8. The van der Waals surface area contributed by atoms with E-state index in [0.717, 1.165) is 5.75 Å². The topological polar surface area (TPSA) is 47.6 Å². The normalized spacial score (nSPS) is 10.5. The van der Waals surface area contributed by atoms with Crippen molar-refractivity contribution in [2.24, 2.45) is 0 Å². The molecule has 0 saturated carbocycles. The highest BCUT2D eigenvalue weighted by atomic mass is 35.5. The van der Waals surface area contributed by atoms with Gasteiger partial charge in [0.2, 0.25) is 0 Å². The summed E-state index contributed by atoms with van der Waals surface area (Å²) in [6.45, 7) is 3.74. The smallest absolute Gasteiger partial charge is 0.262 e. The summed E-state index contributed by atoms with van der Waals surface area (Å²) in [6, 6.07) is 12.0. The van der Waals surface area contributed by atoms with Gasteiger partial charge in [-0.15, -0.1) is 0 Å². The minimum absolute atomic E-state index is 0.103. The van der Waals surface area contributed by atoms with Gasteiger partial charge in [0.1, 0.15) is 11.5 Å². The number of rotatable bonds is 6. The maximum Gasteiger partial charge on any atom is 0.262 e. The van der Waals surface area contributed by atoms with Gasteiger partial charge in [0, 0.05) is 16.8 Å². The second-order valence-corrected chi connectivity index (χ2v) is 5.95. The lowest BCUT2D eigenvalue weighted by molar-refractivity contribution is -0.118. The summed E-state index contributed by atoms with van der Waals surface area (Å²) in [5.74, 6) is 0.827. The molecule has 2 rings (SSSR count). The summed E-state index contributed by atoms with van der Waals surface area (Å²) in [5.41, 5.74) is 0.659. The van der Waals surface area contributed by atoms with Gasteiger partial charge in [0.15, 0.2) is 6.61 Å². The van der Waals surface area contributed by atoms with Gasteiger partial charge in [-0.3, -0.25) is 4.79 Å². The first-order valence-corrected chi connectivity index (χ1v) is 7.84. The molecular formula is C17H17Cl2NO3. The van der Waals surface area contributed by atoms with Crippen molar-refractivity contribution in [1.29, 1.82) is 0 Å². The number of hydrogen-bond acceptors (Lipinski definition) is 3. The summed E-state index contributed by atoms with van der Waals surface area (Å²) in [6.07, 6.45) is 0.103. The Kier molecular flexibility index (Phi) is 6.13. The Bertz CT molecular complexity index is 672. The molecule has 0 bridgehead atoms. The first kappa shape index (κ1) is 17.4. The Balaban J connectivity index is 1.88. The summed E-state index contributed by atoms with van der Waals surface area (Å²) >= 11 is 11.8. The average Bonchev–Trinajstić information content (AvgIpc) is 2.50. The fraction of sp³-hybridized carbons (Fsp3) is 0.235. The number of hydrogen-bond donors (Lipinski definition) is 1. The quantitative estimate of drug-likeness (QED) is 0.811. The standard InChI is InChI=1S/C17H17Cl2NO3/c1-11(2)23-14-6-4-13(5-7-14)20-17(21)10-22-16-9-12(18)3-8-15(16)19/h3-9,11H,10H2,1-2H3,(H,20,21). The van der Waals surface area contributed by atoms with Crippen molar-refractivity contribution in [2.75, 3.05) is 11.9 Å². The first-order valence-electron chi connectivity index (χ1n) is 7.08. The SMILES string of the molecule is CC(C)Oc1ccc(NC(=O)COc2cc(Cl)ccc2Cl)cc1. The lowest BCUT2D eigenvalue weighted by Gasteiger charge is -2.11. The molecule has 0 fully saturated rings.